The van der Waals surface area contributed by atoms with E-state index in [-0.39, 0.29) is 0 Å². The summed E-state index contributed by atoms with van der Waals surface area (Å²) in [7, 11) is 4.87. The minimum absolute atomic E-state index is 0.933. The van der Waals surface area contributed by atoms with Crippen molar-refractivity contribution in [3.05, 3.63) is 0 Å². The molecule has 2 nitrogen and oxygen atoms in total. The molecule has 0 saturated heterocycles. The second-order valence-electron chi connectivity index (χ2n) is 11.2. The highest BCUT2D eigenvalue weighted by atomic mass is 127. The van der Waals surface area contributed by atoms with E-state index >= 15 is 0 Å². The van der Waals surface area contributed by atoms with E-state index in [2.05, 4.69) is 49.7 Å². The highest BCUT2D eigenvalue weighted by molar-refractivity contribution is 14.1. The van der Waals surface area contributed by atoms with Crippen LogP contribution in [-0.2, 0) is 4.43 Å². The number of unbranched alkanes of at least 4 members (excludes halogenated alkanes) is 18. The van der Waals surface area contributed by atoms with E-state index in [0.717, 1.165) is 6.61 Å². The molecular weight excluding hydrogens is 533 g/mol. The van der Waals surface area contributed by atoms with Gasteiger partial charge in [-0.1, -0.05) is 138 Å². The summed E-state index contributed by atoms with van der Waals surface area (Å²) in [5, 5.41) is 0. The lowest BCUT2D eigenvalue weighted by Gasteiger charge is -2.30. The molecule has 0 aromatic carbocycles. The van der Waals surface area contributed by atoms with Crippen LogP contribution in [-0.4, -0.2) is 44.8 Å². The Balaban J connectivity index is 3.36. The Labute approximate surface area is 224 Å². The Morgan fingerprint density at radius 1 is 0.515 bits per heavy atom. The zero-order chi connectivity index (χ0) is 24.5. The maximum absolute atomic E-state index is 6.19. The first kappa shape index (κ1) is 33.9. The Morgan fingerprint density at radius 2 is 0.879 bits per heavy atom. The fraction of sp³-hybridized carbons (Fsp3) is 1.00. The third-order valence-corrected chi connectivity index (χ3v) is 11.5. The lowest BCUT2D eigenvalue weighted by molar-refractivity contribution is -0.890. The van der Waals surface area contributed by atoms with E-state index in [1.54, 1.807) is 0 Å². The quantitative estimate of drug-likeness (QED) is 0.0301. The van der Waals surface area contributed by atoms with Crippen molar-refractivity contribution in [2.45, 2.75) is 155 Å². The zero-order valence-electron chi connectivity index (χ0n) is 23.5. The van der Waals surface area contributed by atoms with Gasteiger partial charge < -0.3 is 8.91 Å². The van der Waals surface area contributed by atoms with Crippen molar-refractivity contribution in [2.75, 3.05) is 33.8 Å². The summed E-state index contributed by atoms with van der Waals surface area (Å²) >= 11 is 2.65. The second kappa shape index (κ2) is 25.9. The normalized spacial score (nSPS) is 13.0. The molecule has 1 unspecified atom stereocenters. The Morgan fingerprint density at radius 3 is 1.33 bits per heavy atom. The molecule has 0 spiro atoms. The molecule has 0 rings (SSSR count). The maximum atomic E-state index is 6.19. The third-order valence-electron chi connectivity index (χ3n) is 7.11. The molecule has 0 aliphatic carbocycles. The molecular formula is C29H63INOSi+. The van der Waals surface area contributed by atoms with E-state index in [9.17, 15) is 0 Å². The predicted molar refractivity (Wildman–Crippen MR) is 162 cm³/mol. The Bertz CT molecular complexity index is 381. The minimum Gasteiger partial charge on any atom is -0.410 e. The lowest BCUT2D eigenvalue weighted by atomic mass is 10.1. The fourth-order valence-electron chi connectivity index (χ4n) is 4.69. The molecule has 0 aliphatic rings. The van der Waals surface area contributed by atoms with Gasteiger partial charge in [0.15, 0.2) is 0 Å². The molecule has 0 aromatic heterocycles. The van der Waals surface area contributed by atoms with Gasteiger partial charge >= 0.3 is 0 Å². The molecule has 0 bridgehead atoms. The Kier molecular flexibility index (Phi) is 26.6. The minimum atomic E-state index is -0.933. The van der Waals surface area contributed by atoms with Crippen LogP contribution in [0, 0.1) is 0 Å². The SMILES string of the molecule is CCCCCCCCCCCCCO[SiH](I)CCCCCC[N+](C)(C)CCCCCCCC. The Hall–Kier alpha value is 0.867. The van der Waals surface area contributed by atoms with E-state index in [0.29, 0.717) is 0 Å². The highest BCUT2D eigenvalue weighted by Crippen LogP contribution is 2.15. The average molecular weight is 597 g/mol. The predicted octanol–water partition coefficient (Wildman–Crippen LogP) is 9.97. The molecule has 0 aromatic rings. The van der Waals surface area contributed by atoms with Gasteiger partial charge in [0, 0.05) is 6.61 Å². The summed E-state index contributed by atoms with van der Waals surface area (Å²) in [6.07, 6.45) is 29.7. The van der Waals surface area contributed by atoms with Gasteiger partial charge in [-0.3, -0.25) is 0 Å². The van der Waals surface area contributed by atoms with E-state index in [4.69, 9.17) is 4.43 Å². The first-order chi connectivity index (χ1) is 16.0. The number of hydrogen-bond donors (Lipinski definition) is 0. The molecule has 0 saturated carbocycles. The van der Waals surface area contributed by atoms with Crippen molar-refractivity contribution in [1.82, 2.24) is 0 Å². The van der Waals surface area contributed by atoms with Gasteiger partial charge in [0.1, 0.15) is 0 Å². The molecule has 33 heavy (non-hydrogen) atoms. The van der Waals surface area contributed by atoms with Crippen LogP contribution in [0.25, 0.3) is 0 Å². The van der Waals surface area contributed by atoms with E-state index in [1.165, 1.54) is 158 Å². The van der Waals surface area contributed by atoms with Crippen molar-refractivity contribution < 1.29 is 8.91 Å². The molecule has 0 fully saturated rings. The summed E-state index contributed by atoms with van der Waals surface area (Å²) in [6, 6.07) is 1.37. The summed E-state index contributed by atoms with van der Waals surface area (Å²) in [6.45, 7) is 7.41. The molecule has 4 heteroatoms. The van der Waals surface area contributed by atoms with Gasteiger partial charge in [0.2, 0.25) is 6.54 Å². The van der Waals surface area contributed by atoms with Crippen LogP contribution in [0.3, 0.4) is 0 Å². The first-order valence-electron chi connectivity index (χ1n) is 15.1. The summed E-state index contributed by atoms with van der Waals surface area (Å²) < 4.78 is 7.41. The van der Waals surface area contributed by atoms with Crippen LogP contribution in [0.5, 0.6) is 0 Å². The third kappa shape index (κ3) is 27.3. The van der Waals surface area contributed by atoms with Gasteiger partial charge in [-0.15, -0.1) is 0 Å². The molecule has 0 radical (unpaired) electrons. The molecule has 1 atom stereocenters. The molecule has 0 heterocycles. The number of hydrogen-bond acceptors (Lipinski definition) is 1. The largest absolute Gasteiger partial charge is 0.410 e. The van der Waals surface area contributed by atoms with E-state index in [1.807, 2.05) is 0 Å². The standard InChI is InChI=1S/C29H63INOSi/c1-5-7-9-11-13-14-15-16-17-20-24-28-32-33(30)29-25-21-19-23-27-31(3,4)26-22-18-12-10-8-6-2/h33H,5-29H2,1-4H3/q+1. The van der Waals surface area contributed by atoms with Crippen molar-refractivity contribution in [3.63, 3.8) is 0 Å². The van der Waals surface area contributed by atoms with Crippen molar-refractivity contribution in [1.29, 1.82) is 0 Å². The monoisotopic (exact) mass is 596 g/mol. The number of quaternary nitrogens is 1. The second-order valence-corrected chi connectivity index (χ2v) is 17.1. The summed E-state index contributed by atoms with van der Waals surface area (Å²) in [4.78, 5) is 0. The van der Waals surface area contributed by atoms with Crippen LogP contribution >= 0.6 is 21.8 Å². The molecule has 200 valence electrons. The van der Waals surface area contributed by atoms with E-state index < -0.39 is 6.54 Å². The van der Waals surface area contributed by atoms with Crippen molar-refractivity contribution >= 4 is 28.3 Å². The molecule has 0 amide bonds. The van der Waals surface area contributed by atoms with Gasteiger partial charge in [-0.2, -0.15) is 0 Å². The number of halogens is 1. The fourth-order valence-corrected chi connectivity index (χ4v) is 7.97. The zero-order valence-corrected chi connectivity index (χ0v) is 26.8. The summed E-state index contributed by atoms with van der Waals surface area (Å²) in [5.74, 6) is 0. The van der Waals surface area contributed by atoms with Crippen LogP contribution in [0.2, 0.25) is 6.04 Å². The highest BCUT2D eigenvalue weighted by Gasteiger charge is 2.14. The van der Waals surface area contributed by atoms with Crippen molar-refractivity contribution in [3.8, 4) is 0 Å². The van der Waals surface area contributed by atoms with Crippen LogP contribution in [0.4, 0.5) is 0 Å². The van der Waals surface area contributed by atoms with Crippen molar-refractivity contribution in [2.24, 2.45) is 0 Å². The molecule has 0 aliphatic heterocycles. The van der Waals surface area contributed by atoms with Gasteiger partial charge in [0.05, 0.1) is 27.2 Å². The smallest absolute Gasteiger partial charge is 0.243 e. The summed E-state index contributed by atoms with van der Waals surface area (Å²) in [5.41, 5.74) is 0. The van der Waals surface area contributed by atoms with Crippen LogP contribution in [0.15, 0.2) is 0 Å². The number of rotatable bonds is 27. The van der Waals surface area contributed by atoms with Crippen LogP contribution in [0.1, 0.15) is 149 Å². The van der Waals surface area contributed by atoms with Gasteiger partial charge in [0.25, 0.3) is 0 Å². The topological polar surface area (TPSA) is 9.23 Å². The lowest BCUT2D eigenvalue weighted by Crippen LogP contribution is -2.41. The average Bonchev–Trinajstić information content (AvgIpc) is 2.79. The van der Waals surface area contributed by atoms with Gasteiger partial charge in [-0.25, -0.2) is 0 Å². The number of nitrogens with zero attached hydrogens (tertiary/aromatic N) is 1. The van der Waals surface area contributed by atoms with Gasteiger partial charge in [-0.05, 0) is 38.1 Å². The maximum Gasteiger partial charge on any atom is 0.243 e. The first-order valence-corrected chi connectivity index (χ1v) is 20.6. The van der Waals surface area contributed by atoms with Crippen LogP contribution < -0.4 is 0 Å². The molecule has 0 N–H and O–H groups in total.